The maximum Gasteiger partial charge on any atom is 0.303 e. The molecule has 0 rings (SSSR count). The van der Waals surface area contributed by atoms with Crippen LogP contribution in [0.25, 0.3) is 0 Å². The zero-order valence-electron chi connectivity index (χ0n) is 16.0. The first kappa shape index (κ1) is 24.8. The second-order valence-corrected chi connectivity index (χ2v) is 5.83. The first-order chi connectivity index (χ1) is 13.1. The van der Waals surface area contributed by atoms with Crippen molar-refractivity contribution in [1.29, 1.82) is 0 Å². The fourth-order valence-electron chi connectivity index (χ4n) is 1.98. The molecule has 0 aromatic rings. The van der Waals surface area contributed by atoms with Crippen molar-refractivity contribution in [2.75, 3.05) is 0 Å². The van der Waals surface area contributed by atoms with Crippen LogP contribution in [-0.4, -0.2) is 33.6 Å². The molecule has 3 N–H and O–H groups in total. The van der Waals surface area contributed by atoms with Gasteiger partial charge in [-0.05, 0) is 32.1 Å². The molecule has 27 heavy (non-hydrogen) atoms. The van der Waals surface area contributed by atoms with Gasteiger partial charge in [-0.2, -0.15) is 0 Å². The topological polar surface area (TPSA) is 87.0 Å². The summed E-state index contributed by atoms with van der Waals surface area (Å²) in [5.41, 5.74) is 0. The van der Waals surface area contributed by atoms with Gasteiger partial charge in [0.25, 0.3) is 0 Å². The van der Waals surface area contributed by atoms with Gasteiger partial charge < -0.3 is 10.2 Å². The van der Waals surface area contributed by atoms with Gasteiger partial charge in [-0.3, -0.25) is 10.1 Å². The lowest BCUT2D eigenvalue weighted by molar-refractivity contribution is -0.267. The Morgan fingerprint density at radius 1 is 0.926 bits per heavy atom. The third-order valence-corrected chi connectivity index (χ3v) is 3.42. The summed E-state index contributed by atoms with van der Waals surface area (Å²) in [6.45, 7) is 2.06. The number of aliphatic hydroxyl groups is 1. The SMILES string of the molecule is CC/C=C\CC(O)/C=C/C=C\C/C=C\C/C=C\C=C\C(CCC(=O)O)OO. The molecule has 0 spiro atoms. The van der Waals surface area contributed by atoms with E-state index in [1.54, 1.807) is 18.2 Å². The first-order valence-corrected chi connectivity index (χ1v) is 9.26. The highest BCUT2D eigenvalue weighted by Gasteiger charge is 2.06. The molecule has 0 aromatic carbocycles. The van der Waals surface area contributed by atoms with Gasteiger partial charge in [0.05, 0.1) is 6.10 Å². The van der Waals surface area contributed by atoms with Crippen LogP contribution in [0, 0.1) is 0 Å². The number of carboxylic acid groups (broad SMARTS) is 1. The van der Waals surface area contributed by atoms with Crippen molar-refractivity contribution in [2.45, 2.75) is 57.7 Å². The zero-order valence-corrected chi connectivity index (χ0v) is 16.0. The molecule has 0 heterocycles. The Morgan fingerprint density at radius 3 is 2.11 bits per heavy atom. The van der Waals surface area contributed by atoms with E-state index in [-0.39, 0.29) is 12.8 Å². The molecule has 0 amide bonds. The minimum atomic E-state index is -0.920. The Balaban J connectivity index is 3.90. The molecular weight excluding hydrogens is 344 g/mol. The number of carboxylic acids is 1. The molecule has 5 heteroatoms. The number of rotatable bonds is 15. The number of carbonyl (C=O) groups is 1. The van der Waals surface area contributed by atoms with Crippen LogP contribution in [0.3, 0.4) is 0 Å². The molecule has 2 unspecified atom stereocenters. The third-order valence-electron chi connectivity index (χ3n) is 3.42. The van der Waals surface area contributed by atoms with E-state index in [2.05, 4.69) is 11.8 Å². The van der Waals surface area contributed by atoms with Gasteiger partial charge >= 0.3 is 5.97 Å². The normalized spacial score (nSPS) is 15.4. The van der Waals surface area contributed by atoms with Crippen LogP contribution in [0.15, 0.2) is 72.9 Å². The Morgan fingerprint density at radius 2 is 1.56 bits per heavy atom. The molecule has 2 atom stereocenters. The molecule has 0 saturated heterocycles. The summed E-state index contributed by atoms with van der Waals surface area (Å²) in [5, 5.41) is 26.9. The smallest absolute Gasteiger partial charge is 0.303 e. The summed E-state index contributed by atoms with van der Waals surface area (Å²) in [4.78, 5) is 14.7. The highest BCUT2D eigenvalue weighted by Crippen LogP contribution is 2.03. The van der Waals surface area contributed by atoms with Crippen LogP contribution in [0.5, 0.6) is 0 Å². The summed E-state index contributed by atoms with van der Waals surface area (Å²) in [6.07, 6.45) is 25.1. The molecule has 0 aliphatic carbocycles. The second-order valence-electron chi connectivity index (χ2n) is 5.83. The molecule has 150 valence electrons. The molecule has 0 aliphatic heterocycles. The van der Waals surface area contributed by atoms with E-state index in [0.717, 1.165) is 19.3 Å². The van der Waals surface area contributed by atoms with Crippen LogP contribution >= 0.6 is 0 Å². The Bertz CT molecular complexity index is 541. The lowest BCUT2D eigenvalue weighted by atomic mass is 10.2. The minimum Gasteiger partial charge on any atom is -0.481 e. The van der Waals surface area contributed by atoms with E-state index >= 15 is 0 Å². The summed E-state index contributed by atoms with van der Waals surface area (Å²) in [6, 6.07) is 0. The third kappa shape index (κ3) is 18.4. The predicted octanol–water partition coefficient (Wildman–Crippen LogP) is 4.99. The van der Waals surface area contributed by atoms with Crippen LogP contribution in [-0.2, 0) is 9.68 Å². The van der Waals surface area contributed by atoms with Crippen LogP contribution in [0.4, 0.5) is 0 Å². The monoisotopic (exact) mass is 376 g/mol. The van der Waals surface area contributed by atoms with E-state index in [0.29, 0.717) is 6.42 Å². The molecule has 5 nitrogen and oxygen atoms in total. The van der Waals surface area contributed by atoms with Crippen molar-refractivity contribution in [3.8, 4) is 0 Å². The van der Waals surface area contributed by atoms with Crippen molar-refractivity contribution in [3.05, 3.63) is 72.9 Å². The largest absolute Gasteiger partial charge is 0.481 e. The number of hydrogen-bond acceptors (Lipinski definition) is 4. The predicted molar refractivity (Wildman–Crippen MR) is 109 cm³/mol. The summed E-state index contributed by atoms with van der Waals surface area (Å²) >= 11 is 0. The molecule has 0 aliphatic rings. The van der Waals surface area contributed by atoms with Crippen molar-refractivity contribution >= 4 is 5.97 Å². The number of aliphatic hydroxyl groups excluding tert-OH is 1. The molecule has 0 fully saturated rings. The Labute approximate surface area is 162 Å². The van der Waals surface area contributed by atoms with Gasteiger partial charge in [-0.25, -0.2) is 4.89 Å². The number of aliphatic carboxylic acids is 1. The summed E-state index contributed by atoms with van der Waals surface area (Å²) in [5.74, 6) is -0.920. The maximum atomic E-state index is 10.5. The molecule has 0 radical (unpaired) electrons. The standard InChI is InChI=1S/C22H32O5/c1-2-3-12-15-20(23)16-13-10-8-6-4-5-7-9-11-14-17-21(27-26)18-19-22(24)25/h3-5,8-14,16-17,20-21,23,26H,2,6-7,15,18-19H2,1H3,(H,24,25)/b5-4-,10-8-,11-9-,12-3-,16-13+,17-14+. The highest BCUT2D eigenvalue weighted by atomic mass is 17.1. The van der Waals surface area contributed by atoms with Crippen LogP contribution in [0.1, 0.15) is 45.4 Å². The fraction of sp³-hybridized carbons (Fsp3) is 0.409. The van der Waals surface area contributed by atoms with Gasteiger partial charge in [0, 0.05) is 6.42 Å². The van der Waals surface area contributed by atoms with Gasteiger partial charge in [0.1, 0.15) is 6.10 Å². The second kappa shape index (κ2) is 18.6. The van der Waals surface area contributed by atoms with E-state index in [1.165, 1.54) is 0 Å². The zero-order chi connectivity index (χ0) is 20.2. The van der Waals surface area contributed by atoms with Gasteiger partial charge in [-0.15, -0.1) is 0 Å². The van der Waals surface area contributed by atoms with E-state index in [1.807, 2.05) is 54.7 Å². The average molecular weight is 376 g/mol. The Hall–Kier alpha value is -2.21. The van der Waals surface area contributed by atoms with E-state index in [4.69, 9.17) is 10.4 Å². The highest BCUT2D eigenvalue weighted by molar-refractivity contribution is 5.66. The molecule has 0 aromatic heterocycles. The lowest BCUT2D eigenvalue weighted by Gasteiger charge is -2.05. The number of hydrogen-bond donors (Lipinski definition) is 3. The summed E-state index contributed by atoms with van der Waals surface area (Å²) in [7, 11) is 0. The van der Waals surface area contributed by atoms with E-state index < -0.39 is 18.2 Å². The Kier molecular flexibility index (Phi) is 17.1. The van der Waals surface area contributed by atoms with Crippen molar-refractivity contribution in [3.63, 3.8) is 0 Å². The molecule has 0 bridgehead atoms. The van der Waals surface area contributed by atoms with Crippen molar-refractivity contribution < 1.29 is 25.2 Å². The van der Waals surface area contributed by atoms with Crippen molar-refractivity contribution in [2.24, 2.45) is 0 Å². The molecular formula is C22H32O5. The van der Waals surface area contributed by atoms with Gasteiger partial charge in [-0.1, -0.05) is 79.8 Å². The molecule has 0 saturated carbocycles. The quantitative estimate of drug-likeness (QED) is 0.162. The summed E-state index contributed by atoms with van der Waals surface area (Å²) < 4.78 is 0. The van der Waals surface area contributed by atoms with Crippen LogP contribution < -0.4 is 0 Å². The van der Waals surface area contributed by atoms with Crippen molar-refractivity contribution in [1.82, 2.24) is 0 Å². The first-order valence-electron chi connectivity index (χ1n) is 9.26. The lowest BCUT2D eigenvalue weighted by Crippen LogP contribution is -2.09. The fourth-order valence-corrected chi connectivity index (χ4v) is 1.98. The minimum absolute atomic E-state index is 0.0560. The number of allylic oxidation sites excluding steroid dienone is 9. The maximum absolute atomic E-state index is 10.5. The van der Waals surface area contributed by atoms with Gasteiger partial charge in [0.15, 0.2) is 0 Å². The van der Waals surface area contributed by atoms with E-state index in [9.17, 15) is 9.90 Å². The average Bonchev–Trinajstić information content (AvgIpc) is 2.65. The van der Waals surface area contributed by atoms with Crippen LogP contribution in [0.2, 0.25) is 0 Å². The van der Waals surface area contributed by atoms with Gasteiger partial charge in [0.2, 0.25) is 0 Å².